The van der Waals surface area contributed by atoms with Gasteiger partial charge >= 0.3 is 0 Å². The molecule has 1 aliphatic heterocycles. The van der Waals surface area contributed by atoms with Gasteiger partial charge in [-0.1, -0.05) is 12.5 Å². The van der Waals surface area contributed by atoms with Gasteiger partial charge in [0.05, 0.1) is 25.3 Å². The van der Waals surface area contributed by atoms with Crippen molar-refractivity contribution < 1.29 is 27.1 Å². The van der Waals surface area contributed by atoms with Crippen LogP contribution in [0.1, 0.15) is 57.1 Å². The quantitative estimate of drug-likeness (QED) is 0.398. The molecule has 0 aromatic heterocycles. The second-order valence-electron chi connectivity index (χ2n) is 8.19. The van der Waals surface area contributed by atoms with Crippen LogP contribution in [0.15, 0.2) is 18.2 Å². The number of amides is 1. The first-order chi connectivity index (χ1) is 14.2. The number of nitrogens with zero attached hydrogens (tertiary/aromatic N) is 1. The third-order valence-corrected chi connectivity index (χ3v) is 6.93. The average Bonchev–Trinajstić information content (AvgIpc) is 3.44. The summed E-state index contributed by atoms with van der Waals surface area (Å²) in [6.45, 7) is 2.84. The van der Waals surface area contributed by atoms with Crippen LogP contribution in [0.2, 0.25) is 0 Å². The number of carbonyl (C=O) groups is 2. The lowest BCUT2D eigenvalue weighted by atomic mass is 10.1. The highest BCUT2D eigenvalue weighted by Gasteiger charge is 2.26. The molecular weight excluding hydrogens is 411 g/mol. The van der Waals surface area contributed by atoms with Crippen molar-refractivity contribution in [1.29, 1.82) is 0 Å². The summed E-state index contributed by atoms with van der Waals surface area (Å²) in [5.74, 6) is -0.0529. The molecule has 7 nitrogen and oxygen atoms in total. The molecule has 1 saturated heterocycles. The predicted molar refractivity (Wildman–Crippen MR) is 110 cm³/mol. The summed E-state index contributed by atoms with van der Waals surface area (Å²) >= 11 is 0. The summed E-state index contributed by atoms with van der Waals surface area (Å²) < 4.78 is 46.8. The maximum atomic E-state index is 13.9. The van der Waals surface area contributed by atoms with Gasteiger partial charge in [0.2, 0.25) is 15.9 Å². The highest BCUT2D eigenvalue weighted by atomic mass is 32.2. The number of Topliss-reactive ketones (excluding diaryl/α,β-unsaturated/α-hetero) is 1. The molecule has 0 radical (unpaired) electrons. The Morgan fingerprint density at radius 2 is 2.00 bits per heavy atom. The zero-order chi connectivity index (χ0) is 21.7. The molecule has 1 saturated carbocycles. The summed E-state index contributed by atoms with van der Waals surface area (Å²) in [6, 6.07) is 3.90. The Balaban J connectivity index is 1.42. The normalized spacial score (nSPS) is 18.1. The van der Waals surface area contributed by atoms with Crippen LogP contribution in [0.5, 0.6) is 5.75 Å². The maximum absolute atomic E-state index is 13.9. The Kier molecular flexibility index (Phi) is 7.46. The number of sulfonamides is 1. The first-order valence-electron chi connectivity index (χ1n) is 10.5. The van der Waals surface area contributed by atoms with Crippen LogP contribution in [0.4, 0.5) is 4.39 Å². The van der Waals surface area contributed by atoms with Gasteiger partial charge < -0.3 is 9.64 Å². The fourth-order valence-electron chi connectivity index (χ4n) is 3.40. The summed E-state index contributed by atoms with van der Waals surface area (Å²) in [6.07, 6.45) is 3.94. The van der Waals surface area contributed by atoms with E-state index >= 15 is 0 Å². The molecule has 1 aliphatic carbocycles. The number of likely N-dealkylation sites (tertiary alicyclic amines) is 1. The molecule has 2 aliphatic rings. The number of nitrogens with one attached hydrogen (secondary N) is 1. The zero-order valence-corrected chi connectivity index (χ0v) is 18.0. The fraction of sp³-hybridized carbons (Fsp3) is 0.619. The van der Waals surface area contributed by atoms with Crippen molar-refractivity contribution in [1.82, 2.24) is 9.62 Å². The number of carbonyl (C=O) groups excluding carboxylic acids is 2. The van der Waals surface area contributed by atoms with Crippen LogP contribution in [-0.2, 0) is 19.6 Å². The molecule has 1 aromatic carbocycles. The molecule has 166 valence electrons. The lowest BCUT2D eigenvalue weighted by Gasteiger charge is -2.17. The van der Waals surface area contributed by atoms with Gasteiger partial charge in [0, 0.05) is 12.6 Å². The molecule has 0 unspecified atom stereocenters. The molecule has 2 fully saturated rings. The highest BCUT2D eigenvalue weighted by Crippen LogP contribution is 2.31. The molecular formula is C21H29FN2O5S. The van der Waals surface area contributed by atoms with Crippen molar-refractivity contribution in [2.45, 2.75) is 51.5 Å². The Labute approximate surface area is 177 Å². The van der Waals surface area contributed by atoms with E-state index in [2.05, 4.69) is 4.72 Å². The molecule has 1 amide bonds. The predicted octanol–water partition coefficient (Wildman–Crippen LogP) is 2.57. The van der Waals surface area contributed by atoms with Crippen molar-refractivity contribution in [2.24, 2.45) is 5.92 Å². The van der Waals surface area contributed by atoms with Crippen molar-refractivity contribution in [3.8, 4) is 5.75 Å². The molecule has 0 spiro atoms. The summed E-state index contributed by atoms with van der Waals surface area (Å²) in [4.78, 5) is 24.3. The largest absolute Gasteiger partial charge is 0.490 e. The van der Waals surface area contributed by atoms with Crippen molar-refractivity contribution in [2.75, 3.05) is 25.4 Å². The van der Waals surface area contributed by atoms with Crippen LogP contribution < -0.4 is 9.46 Å². The third-order valence-electron chi connectivity index (χ3n) is 5.39. The van der Waals surface area contributed by atoms with Crippen LogP contribution in [0, 0.1) is 11.7 Å². The van der Waals surface area contributed by atoms with Crippen LogP contribution in [-0.4, -0.2) is 50.5 Å². The monoisotopic (exact) mass is 440 g/mol. The van der Waals surface area contributed by atoms with Crippen molar-refractivity contribution in [3.05, 3.63) is 29.6 Å². The van der Waals surface area contributed by atoms with E-state index in [4.69, 9.17) is 4.74 Å². The van der Waals surface area contributed by atoms with Crippen LogP contribution in [0.25, 0.3) is 0 Å². The van der Waals surface area contributed by atoms with Crippen LogP contribution >= 0.6 is 0 Å². The zero-order valence-electron chi connectivity index (χ0n) is 17.2. The summed E-state index contributed by atoms with van der Waals surface area (Å²) in [7, 11) is -3.51. The van der Waals surface area contributed by atoms with Gasteiger partial charge in [0.25, 0.3) is 0 Å². The number of hydrogen-bond acceptors (Lipinski definition) is 5. The second kappa shape index (κ2) is 9.87. The van der Waals surface area contributed by atoms with E-state index in [1.807, 2.05) is 0 Å². The minimum absolute atomic E-state index is 0.0209. The minimum atomic E-state index is -3.51. The van der Waals surface area contributed by atoms with Gasteiger partial charge in [0.1, 0.15) is 0 Å². The number of benzene rings is 1. The standard InChI is InChI=1S/C21H29FN2O5S/c1-15(17-7-8-19(22)20(11-17)29-14-16-5-6-16)23-30(27,28)10-4-2-3-9-24-13-18(25)12-21(24)26/h7-8,11,15-16,23H,2-6,9-10,12-14H2,1H3/t15-/m1/s1. The number of rotatable bonds is 12. The lowest BCUT2D eigenvalue weighted by Crippen LogP contribution is -2.29. The first-order valence-corrected chi connectivity index (χ1v) is 12.1. The molecule has 0 bridgehead atoms. The number of ketones is 1. The molecule has 9 heteroatoms. The molecule has 1 atom stereocenters. The smallest absolute Gasteiger partial charge is 0.230 e. The second-order valence-corrected chi connectivity index (χ2v) is 10.1. The SMILES string of the molecule is C[C@@H](NS(=O)(=O)CCCCCN1CC(=O)CC1=O)c1ccc(F)c(OCC2CC2)c1. The Morgan fingerprint density at radius 3 is 2.67 bits per heavy atom. The van der Waals surface area contributed by atoms with E-state index < -0.39 is 21.9 Å². The van der Waals surface area contributed by atoms with Gasteiger partial charge in [-0.15, -0.1) is 0 Å². The minimum Gasteiger partial charge on any atom is -0.490 e. The number of hydrogen-bond donors (Lipinski definition) is 1. The van der Waals surface area contributed by atoms with Gasteiger partial charge in [-0.25, -0.2) is 17.5 Å². The Morgan fingerprint density at radius 1 is 1.23 bits per heavy atom. The molecule has 1 heterocycles. The van der Waals surface area contributed by atoms with E-state index in [9.17, 15) is 22.4 Å². The maximum Gasteiger partial charge on any atom is 0.230 e. The molecule has 3 rings (SSSR count). The fourth-order valence-corrected chi connectivity index (χ4v) is 4.78. The first kappa shape index (κ1) is 22.7. The molecule has 30 heavy (non-hydrogen) atoms. The summed E-state index contributed by atoms with van der Waals surface area (Å²) in [5, 5.41) is 0. The van der Waals surface area contributed by atoms with E-state index in [0.717, 1.165) is 12.8 Å². The van der Waals surface area contributed by atoms with Crippen molar-refractivity contribution >= 4 is 21.7 Å². The van der Waals surface area contributed by atoms with Crippen LogP contribution in [0.3, 0.4) is 0 Å². The Hall–Kier alpha value is -2.00. The van der Waals surface area contributed by atoms with Gasteiger partial charge in [0.15, 0.2) is 17.3 Å². The van der Waals surface area contributed by atoms with E-state index in [-0.39, 0.29) is 36.2 Å². The van der Waals surface area contributed by atoms with Crippen molar-refractivity contribution in [3.63, 3.8) is 0 Å². The average molecular weight is 441 g/mol. The van der Waals surface area contributed by atoms with E-state index in [1.54, 1.807) is 19.1 Å². The topological polar surface area (TPSA) is 92.8 Å². The van der Waals surface area contributed by atoms with Gasteiger partial charge in [-0.2, -0.15) is 0 Å². The number of halogens is 1. The number of ether oxygens (including phenoxy) is 1. The Bertz CT molecular complexity index is 885. The molecule has 1 aromatic rings. The van der Waals surface area contributed by atoms with Gasteiger partial charge in [-0.3, -0.25) is 9.59 Å². The van der Waals surface area contributed by atoms with E-state index in [0.29, 0.717) is 43.9 Å². The van der Waals surface area contributed by atoms with Gasteiger partial charge in [-0.05, 0) is 56.2 Å². The lowest BCUT2D eigenvalue weighted by molar-refractivity contribution is -0.127. The van der Waals surface area contributed by atoms with E-state index in [1.165, 1.54) is 11.0 Å². The number of unbranched alkanes of at least 4 members (excludes halogenated alkanes) is 2. The molecule has 1 N–H and O–H groups in total. The summed E-state index contributed by atoms with van der Waals surface area (Å²) in [5.41, 5.74) is 0.642. The highest BCUT2D eigenvalue weighted by molar-refractivity contribution is 7.89. The third kappa shape index (κ3) is 6.77.